The molecule has 0 radical (unpaired) electrons. The van der Waals surface area contributed by atoms with E-state index >= 15 is 0 Å². The summed E-state index contributed by atoms with van der Waals surface area (Å²) in [5.41, 5.74) is -0.804. The van der Waals surface area contributed by atoms with Gasteiger partial charge in [-0.1, -0.05) is 15.9 Å². The van der Waals surface area contributed by atoms with Crippen molar-refractivity contribution in [1.82, 2.24) is 5.27 Å². The topological polar surface area (TPSA) is 88.2 Å². The predicted octanol–water partition coefficient (Wildman–Crippen LogP) is 2.41. The fourth-order valence-electron chi connectivity index (χ4n) is 2.15. The zero-order valence-corrected chi connectivity index (χ0v) is 14.5. The number of rotatable bonds is 4. The average molecular weight is 409 g/mol. The Kier molecular flexibility index (Phi) is 4.66. The Bertz CT molecular complexity index is 982. The number of benzene rings is 2. The number of halogens is 2. The molecule has 1 amide bonds. The van der Waals surface area contributed by atoms with Gasteiger partial charge in [0.1, 0.15) is 11.6 Å². The van der Waals surface area contributed by atoms with Gasteiger partial charge in [-0.15, -0.1) is 0 Å². The van der Waals surface area contributed by atoms with Crippen LogP contribution in [0.15, 0.2) is 56.3 Å². The molecule has 2 N–H and O–H groups in total. The number of ether oxygens (including phenoxy) is 1. The van der Waals surface area contributed by atoms with Crippen molar-refractivity contribution in [2.75, 3.05) is 12.4 Å². The Balaban J connectivity index is 1.95. The van der Waals surface area contributed by atoms with Gasteiger partial charge in [0.15, 0.2) is 0 Å². The van der Waals surface area contributed by atoms with E-state index in [1.54, 1.807) is 30.3 Å². The normalized spacial score (nSPS) is 10.5. The maximum atomic E-state index is 13.9. The summed E-state index contributed by atoms with van der Waals surface area (Å²) in [6, 6.07) is 10.7. The molecule has 0 fully saturated rings. The van der Waals surface area contributed by atoms with Crippen LogP contribution in [0.25, 0.3) is 5.69 Å². The van der Waals surface area contributed by atoms with Crippen molar-refractivity contribution in [3.05, 3.63) is 68.9 Å². The smallest absolute Gasteiger partial charge is 0.441 e. The van der Waals surface area contributed by atoms with Gasteiger partial charge in [-0.3, -0.25) is 9.32 Å². The summed E-state index contributed by atoms with van der Waals surface area (Å²) in [6.45, 7) is 0. The molecule has 128 valence electrons. The number of hydrogen-bond donors (Lipinski definition) is 2. The van der Waals surface area contributed by atoms with Gasteiger partial charge in [-0.05, 0) is 40.3 Å². The molecule has 3 aromatic rings. The second-order valence-corrected chi connectivity index (χ2v) is 5.86. The maximum Gasteiger partial charge on any atom is 0.441 e. The van der Waals surface area contributed by atoms with Crippen LogP contribution in [0.4, 0.5) is 10.1 Å². The van der Waals surface area contributed by atoms with E-state index in [9.17, 15) is 14.0 Å². The first-order valence-corrected chi connectivity index (χ1v) is 7.83. The molecule has 25 heavy (non-hydrogen) atoms. The van der Waals surface area contributed by atoms with Crippen molar-refractivity contribution in [2.45, 2.75) is 0 Å². The Morgan fingerprint density at radius 1 is 1.28 bits per heavy atom. The quantitative estimate of drug-likeness (QED) is 0.648. The number of aromatic nitrogens is 2. The fourth-order valence-corrected chi connectivity index (χ4v) is 2.49. The summed E-state index contributed by atoms with van der Waals surface area (Å²) in [5.74, 6) is -0.844. The average Bonchev–Trinajstić information content (AvgIpc) is 2.99. The number of hydrogen-bond acceptors (Lipinski definition) is 4. The highest BCUT2D eigenvalue weighted by atomic mass is 79.9. The minimum Gasteiger partial charge on any atom is -0.497 e. The van der Waals surface area contributed by atoms with Gasteiger partial charge in [0, 0.05) is 16.6 Å². The number of methoxy groups -OCH3 is 1. The molecule has 0 atom stereocenters. The van der Waals surface area contributed by atoms with Crippen molar-refractivity contribution in [1.29, 1.82) is 0 Å². The summed E-state index contributed by atoms with van der Waals surface area (Å²) in [6.07, 6.45) is 0. The predicted molar refractivity (Wildman–Crippen MR) is 89.5 cm³/mol. The van der Waals surface area contributed by atoms with Crippen LogP contribution < -0.4 is 20.4 Å². The van der Waals surface area contributed by atoms with E-state index in [1.807, 2.05) is 0 Å². The molecular weight excluding hydrogens is 397 g/mol. The van der Waals surface area contributed by atoms with Crippen molar-refractivity contribution in [2.24, 2.45) is 0 Å². The van der Waals surface area contributed by atoms with Crippen molar-refractivity contribution < 1.29 is 23.1 Å². The van der Waals surface area contributed by atoms with Crippen molar-refractivity contribution in [3.8, 4) is 11.4 Å². The highest BCUT2D eigenvalue weighted by Crippen LogP contribution is 2.19. The lowest BCUT2D eigenvalue weighted by molar-refractivity contribution is -0.672. The van der Waals surface area contributed by atoms with Gasteiger partial charge in [-0.2, -0.15) is 0 Å². The van der Waals surface area contributed by atoms with Crippen LogP contribution in [0.3, 0.4) is 0 Å². The Hall–Kier alpha value is -2.94. The lowest BCUT2D eigenvalue weighted by Crippen LogP contribution is -2.42. The summed E-state index contributed by atoms with van der Waals surface area (Å²) in [5, 5.41) is 4.70. The third-order valence-electron chi connectivity index (χ3n) is 3.37. The van der Waals surface area contributed by atoms with E-state index in [2.05, 4.69) is 26.5 Å². The Labute approximate surface area is 149 Å². The van der Waals surface area contributed by atoms with E-state index in [4.69, 9.17) is 9.26 Å². The largest absolute Gasteiger partial charge is 0.497 e. The van der Waals surface area contributed by atoms with E-state index in [-0.39, 0.29) is 11.4 Å². The van der Waals surface area contributed by atoms with Crippen LogP contribution >= 0.6 is 15.9 Å². The lowest BCUT2D eigenvalue weighted by atomic mass is 10.2. The van der Waals surface area contributed by atoms with Crippen LogP contribution in [0, 0.1) is 5.82 Å². The molecular formula is C16H12BrFN3O4+. The zero-order valence-electron chi connectivity index (χ0n) is 12.9. The fraction of sp³-hybridized carbons (Fsp3) is 0.0625. The number of aromatic amines is 1. The van der Waals surface area contributed by atoms with E-state index in [1.165, 1.54) is 19.2 Å². The number of carbonyl (C=O) groups is 1. The first kappa shape index (κ1) is 16.9. The van der Waals surface area contributed by atoms with Crippen LogP contribution in [0.2, 0.25) is 0 Å². The molecule has 9 heteroatoms. The molecule has 0 saturated carbocycles. The summed E-state index contributed by atoms with van der Waals surface area (Å²) >= 11 is 3.13. The molecule has 0 saturated heterocycles. The van der Waals surface area contributed by atoms with E-state index in [0.717, 1.165) is 4.68 Å². The standard InChI is InChI=1S/C16H11BrFN3O4/c1-24-11-5-3-10(4-6-11)21-14(16(23)25-20-21)15(22)19-13-7-2-9(17)8-12(13)18/h2-8H,1H3,(H-,19,20,22,23)/p+1. The molecule has 0 unspecified atom stereocenters. The Morgan fingerprint density at radius 3 is 2.64 bits per heavy atom. The lowest BCUT2D eigenvalue weighted by Gasteiger charge is -2.03. The van der Waals surface area contributed by atoms with Crippen LogP contribution in [0.5, 0.6) is 5.75 Å². The van der Waals surface area contributed by atoms with Gasteiger partial charge in [0.25, 0.3) is 0 Å². The zero-order chi connectivity index (χ0) is 18.0. The minimum absolute atomic E-state index is 0.0601. The van der Waals surface area contributed by atoms with Crippen molar-refractivity contribution >= 4 is 27.5 Å². The van der Waals surface area contributed by atoms with Crippen LogP contribution in [0.1, 0.15) is 10.5 Å². The highest BCUT2D eigenvalue weighted by molar-refractivity contribution is 9.10. The SMILES string of the molecule is COc1ccc(-[n+]2[nH]oc(=O)c2C(=O)Nc2ccc(Br)cc2F)cc1. The first-order chi connectivity index (χ1) is 12.0. The highest BCUT2D eigenvalue weighted by Gasteiger charge is 2.31. The number of amides is 1. The number of anilines is 1. The third-order valence-corrected chi connectivity index (χ3v) is 3.86. The molecule has 1 aromatic heterocycles. The molecule has 0 aliphatic rings. The second kappa shape index (κ2) is 6.89. The van der Waals surface area contributed by atoms with Crippen molar-refractivity contribution in [3.63, 3.8) is 0 Å². The van der Waals surface area contributed by atoms with E-state index < -0.39 is 17.3 Å². The number of carbonyl (C=O) groups excluding carboxylic acids is 1. The molecule has 0 bridgehead atoms. The molecule has 2 aromatic carbocycles. The monoisotopic (exact) mass is 408 g/mol. The number of H-pyrrole nitrogens is 1. The summed E-state index contributed by atoms with van der Waals surface area (Å²) in [7, 11) is 1.52. The molecule has 0 aliphatic carbocycles. The van der Waals surface area contributed by atoms with Gasteiger partial charge >= 0.3 is 17.2 Å². The van der Waals surface area contributed by atoms with E-state index in [0.29, 0.717) is 15.9 Å². The van der Waals surface area contributed by atoms with Gasteiger partial charge in [0.2, 0.25) is 5.69 Å². The molecule has 0 aliphatic heterocycles. The van der Waals surface area contributed by atoms with Crippen LogP contribution in [-0.4, -0.2) is 18.3 Å². The Morgan fingerprint density at radius 2 is 2.00 bits per heavy atom. The maximum absolute atomic E-state index is 13.9. The minimum atomic E-state index is -0.883. The van der Waals surface area contributed by atoms with Crippen LogP contribution in [-0.2, 0) is 0 Å². The number of nitrogens with one attached hydrogen (secondary N) is 2. The summed E-state index contributed by atoms with van der Waals surface area (Å²) < 4.78 is 25.3. The molecule has 1 heterocycles. The molecule has 3 rings (SSSR count). The summed E-state index contributed by atoms with van der Waals surface area (Å²) in [4.78, 5) is 24.3. The van der Waals surface area contributed by atoms with Gasteiger partial charge < -0.3 is 10.1 Å². The number of nitrogens with zero attached hydrogens (tertiary/aromatic N) is 1. The first-order valence-electron chi connectivity index (χ1n) is 7.04. The molecule has 0 spiro atoms. The van der Waals surface area contributed by atoms with Gasteiger partial charge in [-0.25, -0.2) is 9.18 Å². The van der Waals surface area contributed by atoms with Gasteiger partial charge in [0.05, 0.1) is 12.8 Å². The molecule has 7 nitrogen and oxygen atoms in total. The third kappa shape index (κ3) is 3.45. The second-order valence-electron chi connectivity index (χ2n) is 4.94.